The molecule has 0 radical (unpaired) electrons. The zero-order valence-electron chi connectivity index (χ0n) is 10.3. The first-order valence-corrected chi connectivity index (χ1v) is 9.03. The zero-order valence-corrected chi connectivity index (χ0v) is 11.3. The van der Waals surface area contributed by atoms with Gasteiger partial charge >= 0.3 is 5.69 Å². The van der Waals surface area contributed by atoms with Crippen molar-refractivity contribution in [2.24, 2.45) is 0 Å². The summed E-state index contributed by atoms with van der Waals surface area (Å²) in [7, 11) is -1.22. The van der Waals surface area contributed by atoms with Gasteiger partial charge in [0, 0.05) is 14.3 Å². The molecule has 2 N–H and O–H groups in total. The molecule has 17 heavy (non-hydrogen) atoms. The maximum Gasteiger partial charge on any atom is 0.353 e. The van der Waals surface area contributed by atoms with Crippen LogP contribution in [0, 0.1) is 10.1 Å². The number of nitrogen functional groups attached to an aromatic ring is 1. The fourth-order valence-electron chi connectivity index (χ4n) is 1.19. The van der Waals surface area contributed by atoms with Crippen LogP contribution in [0.4, 0.5) is 11.4 Å². The number of pyridine rings is 1. The van der Waals surface area contributed by atoms with Gasteiger partial charge in [0.05, 0.1) is 11.5 Å². The molecule has 0 amide bonds. The van der Waals surface area contributed by atoms with Gasteiger partial charge in [0.1, 0.15) is 5.69 Å². The highest BCUT2D eigenvalue weighted by Crippen LogP contribution is 2.30. The first-order chi connectivity index (χ1) is 7.81. The van der Waals surface area contributed by atoms with E-state index in [1.807, 2.05) is 0 Å². The first kappa shape index (κ1) is 13.4. The number of rotatable bonds is 5. The third-order valence-corrected chi connectivity index (χ3v) is 3.90. The van der Waals surface area contributed by atoms with Gasteiger partial charge in [0.25, 0.3) is 5.88 Å². The molecule has 1 heterocycles. The Bertz CT molecular complexity index is 418. The Kier molecular flexibility index (Phi) is 4.05. The summed E-state index contributed by atoms with van der Waals surface area (Å²) in [6.07, 6.45) is 1.41. The van der Waals surface area contributed by atoms with Gasteiger partial charge < -0.3 is 10.5 Å². The topological polar surface area (TPSA) is 91.3 Å². The van der Waals surface area contributed by atoms with E-state index in [2.05, 4.69) is 24.6 Å². The van der Waals surface area contributed by atoms with Crippen molar-refractivity contribution in [1.29, 1.82) is 0 Å². The number of nitrogens with zero attached hydrogens (tertiary/aromatic N) is 2. The molecular weight excluding hydrogens is 238 g/mol. The van der Waals surface area contributed by atoms with Crippen LogP contribution in [0.1, 0.15) is 0 Å². The second-order valence-electron chi connectivity index (χ2n) is 4.97. The number of nitrogens with two attached hydrogens (primary N) is 1. The molecule has 0 aliphatic heterocycles. The Labute approximate surface area is 101 Å². The molecule has 1 aromatic rings. The van der Waals surface area contributed by atoms with Crippen molar-refractivity contribution in [3.63, 3.8) is 0 Å². The van der Waals surface area contributed by atoms with Crippen LogP contribution in [-0.4, -0.2) is 24.6 Å². The molecule has 0 unspecified atom stereocenters. The van der Waals surface area contributed by atoms with E-state index in [1.165, 1.54) is 12.3 Å². The summed E-state index contributed by atoms with van der Waals surface area (Å²) >= 11 is 0. The molecule has 7 heteroatoms. The maximum absolute atomic E-state index is 10.8. The largest absolute Gasteiger partial charge is 0.473 e. The van der Waals surface area contributed by atoms with Gasteiger partial charge in [0.15, 0.2) is 0 Å². The van der Waals surface area contributed by atoms with E-state index in [4.69, 9.17) is 10.5 Å². The molecule has 0 saturated carbocycles. The molecule has 0 fully saturated rings. The van der Waals surface area contributed by atoms with Crippen molar-refractivity contribution in [3.8, 4) is 5.88 Å². The molecule has 0 spiro atoms. The fourth-order valence-corrected chi connectivity index (χ4v) is 1.91. The predicted molar refractivity (Wildman–Crippen MR) is 69.0 cm³/mol. The van der Waals surface area contributed by atoms with Crippen molar-refractivity contribution >= 4 is 19.4 Å². The molecule has 0 aliphatic rings. The number of anilines is 1. The SMILES string of the molecule is C[Si](C)(C)CCOc1nccc(N)c1[N+](=O)[O-]. The zero-order chi connectivity index (χ0) is 13.1. The minimum atomic E-state index is -1.22. The number of ether oxygens (including phenoxy) is 1. The van der Waals surface area contributed by atoms with Crippen molar-refractivity contribution in [2.45, 2.75) is 25.7 Å². The third-order valence-electron chi connectivity index (χ3n) is 2.20. The molecule has 94 valence electrons. The van der Waals surface area contributed by atoms with Crippen LogP contribution in [0.5, 0.6) is 5.88 Å². The summed E-state index contributed by atoms with van der Waals surface area (Å²) in [6.45, 7) is 7.06. The lowest BCUT2D eigenvalue weighted by Crippen LogP contribution is -2.22. The molecule has 1 rings (SSSR count). The van der Waals surface area contributed by atoms with Gasteiger partial charge in [-0.15, -0.1) is 0 Å². The van der Waals surface area contributed by atoms with Gasteiger partial charge in [-0.1, -0.05) is 19.6 Å². The number of nitro groups is 1. The summed E-state index contributed by atoms with van der Waals surface area (Å²) in [5.41, 5.74) is 5.36. The normalized spacial score (nSPS) is 11.2. The first-order valence-electron chi connectivity index (χ1n) is 5.33. The summed E-state index contributed by atoms with van der Waals surface area (Å²) in [5, 5.41) is 10.8. The van der Waals surface area contributed by atoms with Crippen LogP contribution >= 0.6 is 0 Å². The average Bonchev–Trinajstić information content (AvgIpc) is 2.14. The van der Waals surface area contributed by atoms with E-state index in [1.54, 1.807) is 0 Å². The quantitative estimate of drug-likeness (QED) is 0.495. The molecule has 0 bridgehead atoms. The van der Waals surface area contributed by atoms with Crippen LogP contribution in [0.3, 0.4) is 0 Å². The molecule has 1 aromatic heterocycles. The van der Waals surface area contributed by atoms with Gasteiger partial charge in [-0.25, -0.2) is 4.98 Å². The second kappa shape index (κ2) is 5.13. The van der Waals surface area contributed by atoms with Crippen molar-refractivity contribution in [3.05, 3.63) is 22.4 Å². The summed E-state index contributed by atoms with van der Waals surface area (Å²) in [6, 6.07) is 2.31. The highest BCUT2D eigenvalue weighted by Gasteiger charge is 2.21. The second-order valence-corrected chi connectivity index (χ2v) is 10.6. The van der Waals surface area contributed by atoms with Gasteiger partial charge in [0.2, 0.25) is 0 Å². The number of aromatic nitrogens is 1. The standard InChI is InChI=1S/C10H17N3O3Si/c1-17(2,3)7-6-16-10-9(13(14)15)8(11)4-5-12-10/h4-5H,6-7H2,1-3H3,(H2,11,12). The Morgan fingerprint density at radius 2 is 2.18 bits per heavy atom. The Balaban J connectivity index is 2.78. The summed E-state index contributed by atoms with van der Waals surface area (Å²) < 4.78 is 5.36. The van der Waals surface area contributed by atoms with Gasteiger partial charge in [-0.2, -0.15) is 0 Å². The lowest BCUT2D eigenvalue weighted by molar-refractivity contribution is -0.385. The van der Waals surface area contributed by atoms with Crippen LogP contribution in [0.25, 0.3) is 0 Å². The van der Waals surface area contributed by atoms with Crippen LogP contribution < -0.4 is 10.5 Å². The third kappa shape index (κ3) is 4.02. The number of hydrogen-bond donors (Lipinski definition) is 1. The molecule has 6 nitrogen and oxygen atoms in total. The molecule has 0 aliphatic carbocycles. The van der Waals surface area contributed by atoms with Crippen molar-refractivity contribution in [1.82, 2.24) is 4.98 Å². The van der Waals surface area contributed by atoms with E-state index < -0.39 is 13.0 Å². The predicted octanol–water partition coefficient (Wildman–Crippen LogP) is 2.29. The van der Waals surface area contributed by atoms with E-state index >= 15 is 0 Å². The van der Waals surface area contributed by atoms with E-state index in [-0.39, 0.29) is 17.3 Å². The Hall–Kier alpha value is -1.63. The monoisotopic (exact) mass is 255 g/mol. The molecule has 0 atom stereocenters. The van der Waals surface area contributed by atoms with Crippen LogP contribution in [0.15, 0.2) is 12.3 Å². The van der Waals surface area contributed by atoms with Crippen LogP contribution in [-0.2, 0) is 0 Å². The minimum Gasteiger partial charge on any atom is -0.473 e. The molecular formula is C10H17N3O3Si. The van der Waals surface area contributed by atoms with Gasteiger partial charge in [-0.05, 0) is 12.1 Å². The average molecular weight is 255 g/mol. The van der Waals surface area contributed by atoms with Crippen LogP contribution in [0.2, 0.25) is 25.7 Å². The summed E-state index contributed by atoms with van der Waals surface area (Å²) in [4.78, 5) is 14.1. The van der Waals surface area contributed by atoms with Crippen molar-refractivity contribution in [2.75, 3.05) is 12.3 Å². The Morgan fingerprint density at radius 1 is 1.53 bits per heavy atom. The Morgan fingerprint density at radius 3 is 2.71 bits per heavy atom. The van der Waals surface area contributed by atoms with Crippen molar-refractivity contribution < 1.29 is 9.66 Å². The fraction of sp³-hybridized carbons (Fsp3) is 0.500. The summed E-state index contributed by atoms with van der Waals surface area (Å²) in [5.74, 6) is 0.00764. The molecule has 0 aromatic carbocycles. The lowest BCUT2D eigenvalue weighted by Gasteiger charge is -2.15. The van der Waals surface area contributed by atoms with Gasteiger partial charge in [-0.3, -0.25) is 10.1 Å². The maximum atomic E-state index is 10.8. The number of hydrogen-bond acceptors (Lipinski definition) is 5. The highest BCUT2D eigenvalue weighted by molar-refractivity contribution is 6.76. The van der Waals surface area contributed by atoms with E-state index in [0.29, 0.717) is 6.61 Å². The van der Waals surface area contributed by atoms with E-state index in [9.17, 15) is 10.1 Å². The lowest BCUT2D eigenvalue weighted by atomic mass is 10.3. The van der Waals surface area contributed by atoms with E-state index in [0.717, 1.165) is 6.04 Å². The minimum absolute atomic E-state index is 0.00764. The smallest absolute Gasteiger partial charge is 0.353 e. The highest BCUT2D eigenvalue weighted by atomic mass is 28.3. The molecule has 0 saturated heterocycles.